The molecule has 1 atom stereocenters. The van der Waals surface area contributed by atoms with Gasteiger partial charge in [-0.05, 0) is 31.2 Å². The van der Waals surface area contributed by atoms with Crippen molar-refractivity contribution in [1.29, 1.82) is 0 Å². The second kappa shape index (κ2) is 8.42. The predicted molar refractivity (Wildman–Crippen MR) is 90.0 cm³/mol. The smallest absolute Gasteiger partial charge is 0.277 e. The van der Waals surface area contributed by atoms with Crippen LogP contribution in [0.15, 0.2) is 30.3 Å². The molecule has 1 unspecified atom stereocenters. The van der Waals surface area contributed by atoms with Crippen LogP contribution in [0, 0.1) is 0 Å². The lowest BCUT2D eigenvalue weighted by molar-refractivity contribution is -0.134. The largest absolute Gasteiger partial charge is 0.341 e. The van der Waals surface area contributed by atoms with Crippen LogP contribution in [0.5, 0.6) is 0 Å². The molecule has 1 amide bonds. The van der Waals surface area contributed by atoms with Crippen molar-refractivity contribution in [3.63, 3.8) is 0 Å². The molecule has 1 aromatic carbocycles. The molecule has 1 aliphatic heterocycles. The Hall–Kier alpha value is -1.44. The van der Waals surface area contributed by atoms with Gasteiger partial charge in [0.05, 0.1) is 0 Å². The number of likely N-dealkylation sites (tertiary alicyclic amines) is 1. The Labute approximate surface area is 138 Å². The van der Waals surface area contributed by atoms with E-state index in [1.54, 1.807) is 29.2 Å². The zero-order chi connectivity index (χ0) is 16.7. The van der Waals surface area contributed by atoms with Crippen molar-refractivity contribution in [2.45, 2.75) is 38.6 Å². The first-order valence-corrected chi connectivity index (χ1v) is 9.62. The second-order valence-electron chi connectivity index (χ2n) is 5.75. The van der Waals surface area contributed by atoms with E-state index in [4.69, 9.17) is 0 Å². The summed E-state index contributed by atoms with van der Waals surface area (Å²) in [5.41, 5.74) is 0.657. The van der Waals surface area contributed by atoms with Crippen LogP contribution in [0.3, 0.4) is 0 Å². The zero-order valence-corrected chi connectivity index (χ0v) is 14.3. The number of amides is 1. The van der Waals surface area contributed by atoms with Crippen LogP contribution in [0.1, 0.15) is 44.2 Å². The molecule has 0 saturated carbocycles. The highest BCUT2D eigenvalue weighted by Crippen LogP contribution is 2.19. The van der Waals surface area contributed by atoms with Crippen molar-refractivity contribution in [3.05, 3.63) is 35.9 Å². The minimum absolute atomic E-state index is 0.183. The van der Waals surface area contributed by atoms with Gasteiger partial charge in [-0.2, -0.15) is 13.1 Å². The van der Waals surface area contributed by atoms with Gasteiger partial charge >= 0.3 is 0 Å². The maximum atomic E-state index is 12.8. The number of rotatable bonds is 7. The second-order valence-corrected chi connectivity index (χ2v) is 7.28. The van der Waals surface area contributed by atoms with E-state index >= 15 is 0 Å². The molecule has 2 N–H and O–H groups in total. The van der Waals surface area contributed by atoms with Gasteiger partial charge < -0.3 is 4.90 Å². The molecule has 0 aliphatic carbocycles. The summed E-state index contributed by atoms with van der Waals surface area (Å²) in [7, 11) is -3.72. The van der Waals surface area contributed by atoms with Crippen LogP contribution in [-0.2, 0) is 15.0 Å². The first-order chi connectivity index (χ1) is 11.0. The molecule has 7 heteroatoms. The number of nitrogens with zero attached hydrogens (tertiary/aromatic N) is 1. The Morgan fingerprint density at radius 2 is 1.83 bits per heavy atom. The van der Waals surface area contributed by atoms with Crippen LogP contribution >= 0.6 is 0 Å². The summed E-state index contributed by atoms with van der Waals surface area (Å²) in [5.74, 6) is -0.183. The lowest BCUT2D eigenvalue weighted by atomic mass is 10.0. The van der Waals surface area contributed by atoms with Gasteiger partial charge in [-0.1, -0.05) is 37.3 Å². The van der Waals surface area contributed by atoms with Gasteiger partial charge in [0, 0.05) is 19.6 Å². The van der Waals surface area contributed by atoms with Crippen molar-refractivity contribution in [1.82, 2.24) is 14.3 Å². The third-order valence-electron chi connectivity index (χ3n) is 3.86. The number of hydrogen-bond acceptors (Lipinski definition) is 3. The van der Waals surface area contributed by atoms with E-state index in [0.717, 1.165) is 19.3 Å². The van der Waals surface area contributed by atoms with Gasteiger partial charge in [-0.3, -0.25) is 4.79 Å². The molecule has 1 aliphatic rings. The summed E-state index contributed by atoms with van der Waals surface area (Å²) in [6, 6.07) is 8.11. The van der Waals surface area contributed by atoms with Crippen LogP contribution in [0.25, 0.3) is 0 Å². The lowest BCUT2D eigenvalue weighted by Gasteiger charge is -2.30. The van der Waals surface area contributed by atoms with Crippen molar-refractivity contribution < 1.29 is 13.2 Å². The molecule has 0 bridgehead atoms. The fourth-order valence-corrected chi connectivity index (χ4v) is 3.74. The summed E-state index contributed by atoms with van der Waals surface area (Å²) in [4.78, 5) is 14.6. The monoisotopic (exact) mass is 339 g/mol. The quantitative estimate of drug-likeness (QED) is 0.791. The number of carbonyl (C=O) groups is 1. The van der Waals surface area contributed by atoms with E-state index in [1.165, 1.54) is 0 Å². The molecule has 6 nitrogen and oxygen atoms in total. The van der Waals surface area contributed by atoms with E-state index in [-0.39, 0.29) is 5.91 Å². The van der Waals surface area contributed by atoms with E-state index in [2.05, 4.69) is 9.44 Å². The maximum absolute atomic E-state index is 12.8. The van der Waals surface area contributed by atoms with Crippen molar-refractivity contribution >= 4 is 16.1 Å². The molecule has 1 aromatic rings. The minimum Gasteiger partial charge on any atom is -0.341 e. The normalized spacial score (nSPS) is 17.0. The Kier molecular flexibility index (Phi) is 6.56. The van der Waals surface area contributed by atoms with E-state index in [9.17, 15) is 13.2 Å². The van der Waals surface area contributed by atoms with Gasteiger partial charge in [0.15, 0.2) is 0 Å². The average Bonchev–Trinajstić information content (AvgIpc) is 2.59. The summed E-state index contributed by atoms with van der Waals surface area (Å²) in [6.07, 6.45) is 3.74. The van der Waals surface area contributed by atoms with Crippen molar-refractivity contribution in [2.75, 3.05) is 19.6 Å². The van der Waals surface area contributed by atoms with Crippen LogP contribution in [0.4, 0.5) is 0 Å². The number of piperidine rings is 1. The Bertz CT molecular complexity index is 598. The average molecular weight is 339 g/mol. The van der Waals surface area contributed by atoms with E-state index in [0.29, 0.717) is 31.6 Å². The van der Waals surface area contributed by atoms with Gasteiger partial charge in [-0.25, -0.2) is 4.72 Å². The van der Waals surface area contributed by atoms with Gasteiger partial charge in [-0.15, -0.1) is 0 Å². The van der Waals surface area contributed by atoms with E-state index < -0.39 is 16.3 Å². The standard InChI is InChI=1S/C16H25N3O3S/c1-2-11-17-23(21,22)18-15(14-9-5-3-6-10-14)16(20)19-12-7-4-8-13-19/h3,5-6,9-10,15,17-18H,2,4,7-8,11-13H2,1H3. The highest BCUT2D eigenvalue weighted by molar-refractivity contribution is 7.87. The Balaban J connectivity index is 2.20. The topological polar surface area (TPSA) is 78.5 Å². The van der Waals surface area contributed by atoms with Crippen LogP contribution in [-0.4, -0.2) is 38.9 Å². The van der Waals surface area contributed by atoms with Crippen LogP contribution < -0.4 is 9.44 Å². The summed E-state index contributed by atoms with van der Waals surface area (Å²) < 4.78 is 29.3. The van der Waals surface area contributed by atoms with Crippen molar-refractivity contribution in [2.24, 2.45) is 0 Å². The molecule has 1 heterocycles. The first-order valence-electron chi connectivity index (χ1n) is 8.14. The third kappa shape index (κ3) is 5.30. The molecular formula is C16H25N3O3S. The summed E-state index contributed by atoms with van der Waals surface area (Å²) in [5, 5.41) is 0. The molecule has 1 saturated heterocycles. The van der Waals surface area contributed by atoms with Gasteiger partial charge in [0.2, 0.25) is 5.91 Å². The predicted octanol–water partition coefficient (Wildman–Crippen LogP) is 1.57. The summed E-state index contributed by atoms with van der Waals surface area (Å²) >= 11 is 0. The molecule has 2 rings (SSSR count). The minimum atomic E-state index is -3.72. The third-order valence-corrected chi connectivity index (χ3v) is 4.99. The first kappa shape index (κ1) is 17.9. The van der Waals surface area contributed by atoms with Gasteiger partial charge in [0.25, 0.3) is 10.2 Å². The fourth-order valence-electron chi connectivity index (χ4n) is 2.64. The van der Waals surface area contributed by atoms with Crippen molar-refractivity contribution in [3.8, 4) is 0 Å². The molecule has 0 radical (unpaired) electrons. The highest BCUT2D eigenvalue weighted by Gasteiger charge is 2.30. The Morgan fingerprint density at radius 1 is 1.17 bits per heavy atom. The Morgan fingerprint density at radius 3 is 2.43 bits per heavy atom. The molecule has 23 heavy (non-hydrogen) atoms. The molecule has 1 fully saturated rings. The SMILES string of the molecule is CCCNS(=O)(=O)NC(C(=O)N1CCCCC1)c1ccccc1. The van der Waals surface area contributed by atoms with Gasteiger partial charge in [0.1, 0.15) is 6.04 Å². The highest BCUT2D eigenvalue weighted by atomic mass is 32.2. The lowest BCUT2D eigenvalue weighted by Crippen LogP contribution is -2.47. The van der Waals surface area contributed by atoms with E-state index in [1.807, 2.05) is 13.0 Å². The number of benzene rings is 1. The number of nitrogens with one attached hydrogen (secondary N) is 2. The molecule has 128 valence electrons. The molecule has 0 aromatic heterocycles. The van der Waals surface area contributed by atoms with Crippen LogP contribution in [0.2, 0.25) is 0 Å². The molecular weight excluding hydrogens is 314 g/mol. The molecule has 0 spiro atoms. The zero-order valence-electron chi connectivity index (χ0n) is 13.5. The number of carbonyl (C=O) groups excluding carboxylic acids is 1. The fraction of sp³-hybridized carbons (Fsp3) is 0.562. The maximum Gasteiger partial charge on any atom is 0.277 e. The number of hydrogen-bond donors (Lipinski definition) is 2. The summed E-state index contributed by atoms with van der Waals surface area (Å²) in [6.45, 7) is 3.60.